The molecule has 1 saturated heterocycles. The summed E-state index contributed by atoms with van der Waals surface area (Å²) in [5.41, 5.74) is 0.636. The van der Waals surface area contributed by atoms with E-state index in [-0.39, 0.29) is 22.9 Å². The van der Waals surface area contributed by atoms with Crippen LogP contribution in [-0.2, 0) is 14.8 Å². The number of carbonyl (C=O) groups excluding carboxylic acids is 1. The average molecular weight is 324 g/mol. The molecule has 0 saturated carbocycles. The monoisotopic (exact) mass is 324 g/mol. The molecule has 0 spiro atoms. The lowest BCUT2D eigenvalue weighted by molar-refractivity contribution is -0.128. The van der Waals surface area contributed by atoms with Crippen LogP contribution in [0.25, 0.3) is 11.0 Å². The second-order valence-electron chi connectivity index (χ2n) is 5.15. The normalized spacial score (nSPS) is 17.6. The van der Waals surface area contributed by atoms with Crippen LogP contribution < -0.4 is 0 Å². The fourth-order valence-corrected chi connectivity index (χ4v) is 4.18. The first-order valence-corrected chi connectivity index (χ1v) is 8.41. The summed E-state index contributed by atoms with van der Waals surface area (Å²) in [6, 6.07) is 4.75. The van der Waals surface area contributed by atoms with Crippen molar-refractivity contribution in [2.75, 3.05) is 26.2 Å². The van der Waals surface area contributed by atoms with Crippen molar-refractivity contribution in [3.63, 3.8) is 0 Å². The number of amides is 1. The first kappa shape index (κ1) is 14.9. The summed E-state index contributed by atoms with van der Waals surface area (Å²) >= 11 is 0. The number of fused-ring (bicyclic) bond motifs is 1. The molecule has 22 heavy (non-hydrogen) atoms. The molecule has 0 atom stereocenters. The molecule has 1 fully saturated rings. The molecular weight excluding hydrogens is 308 g/mol. The molecule has 1 aromatic carbocycles. The van der Waals surface area contributed by atoms with Gasteiger partial charge in [0.2, 0.25) is 15.9 Å². The summed E-state index contributed by atoms with van der Waals surface area (Å²) < 4.78 is 31.7. The van der Waals surface area contributed by atoms with Crippen molar-refractivity contribution in [1.82, 2.24) is 19.5 Å². The number of benzene rings is 1. The second kappa shape index (κ2) is 5.65. The molecule has 0 aliphatic carbocycles. The third-order valence-corrected chi connectivity index (χ3v) is 5.70. The maximum absolute atomic E-state index is 12.8. The maximum atomic E-state index is 12.8. The van der Waals surface area contributed by atoms with Crippen LogP contribution in [0.1, 0.15) is 13.3 Å². The Kier molecular flexibility index (Phi) is 3.83. The molecule has 0 unspecified atom stereocenters. The second-order valence-corrected chi connectivity index (χ2v) is 7.06. The number of carbonyl (C=O) groups is 1. The molecule has 0 radical (unpaired) electrons. The van der Waals surface area contributed by atoms with Gasteiger partial charge in [0.15, 0.2) is 5.52 Å². The summed E-state index contributed by atoms with van der Waals surface area (Å²) in [6.07, 6.45) is 0.603. The lowest BCUT2D eigenvalue weighted by atomic mass is 10.3. The van der Waals surface area contributed by atoms with Gasteiger partial charge in [-0.2, -0.15) is 4.31 Å². The fraction of sp³-hybridized carbons (Fsp3) is 0.462. The van der Waals surface area contributed by atoms with Gasteiger partial charge >= 0.3 is 0 Å². The van der Waals surface area contributed by atoms with Crippen LogP contribution in [0.4, 0.5) is 0 Å². The predicted octanol–water partition coefficient (Wildman–Crippen LogP) is 0.466. The molecule has 1 aromatic heterocycles. The van der Waals surface area contributed by atoms with E-state index in [0.717, 1.165) is 0 Å². The van der Waals surface area contributed by atoms with Crippen LogP contribution in [0.15, 0.2) is 27.7 Å². The Bertz CT molecular complexity index is 801. The lowest BCUT2D eigenvalue weighted by Gasteiger charge is -2.21. The van der Waals surface area contributed by atoms with Gasteiger partial charge in [-0.15, -0.1) is 0 Å². The third kappa shape index (κ3) is 2.57. The molecule has 118 valence electrons. The number of aromatic nitrogens is 2. The van der Waals surface area contributed by atoms with E-state index in [1.54, 1.807) is 17.0 Å². The fourth-order valence-electron chi connectivity index (χ4n) is 2.58. The lowest BCUT2D eigenvalue weighted by Crippen LogP contribution is -2.36. The molecular formula is C13H16N4O4S. The Morgan fingerprint density at radius 3 is 2.77 bits per heavy atom. The highest BCUT2D eigenvalue weighted by molar-refractivity contribution is 7.89. The molecule has 0 N–H and O–H groups in total. The van der Waals surface area contributed by atoms with E-state index in [1.165, 1.54) is 17.3 Å². The Morgan fingerprint density at radius 2 is 2.00 bits per heavy atom. The van der Waals surface area contributed by atoms with Gasteiger partial charge in [0.05, 0.1) is 0 Å². The van der Waals surface area contributed by atoms with Gasteiger partial charge in [-0.25, -0.2) is 13.0 Å². The zero-order valence-corrected chi connectivity index (χ0v) is 12.9. The summed E-state index contributed by atoms with van der Waals surface area (Å²) in [5.74, 6) is -0.0398. The van der Waals surface area contributed by atoms with Gasteiger partial charge in [-0.1, -0.05) is 6.07 Å². The Hall–Kier alpha value is -2.00. The first-order valence-electron chi connectivity index (χ1n) is 6.97. The van der Waals surface area contributed by atoms with Crippen LogP contribution in [0, 0.1) is 0 Å². The highest BCUT2D eigenvalue weighted by atomic mass is 32.2. The van der Waals surface area contributed by atoms with Crippen LogP contribution in [-0.4, -0.2) is 60.0 Å². The van der Waals surface area contributed by atoms with Crippen molar-refractivity contribution >= 4 is 27.0 Å². The standard InChI is InChI=1S/C13H16N4O4S/c1-10(18)16-6-3-7-17(9-8-16)22(19,20)12-5-2-4-11-13(12)15-21-14-11/h2,4-5H,3,6-9H2,1H3. The predicted molar refractivity (Wildman–Crippen MR) is 77.4 cm³/mol. The molecule has 3 rings (SSSR count). The number of nitrogens with zero attached hydrogens (tertiary/aromatic N) is 4. The largest absolute Gasteiger partial charge is 0.342 e. The van der Waals surface area contributed by atoms with E-state index in [1.807, 2.05) is 0 Å². The van der Waals surface area contributed by atoms with Gasteiger partial charge < -0.3 is 4.90 Å². The topological polar surface area (TPSA) is 96.6 Å². The molecule has 1 aliphatic heterocycles. The van der Waals surface area contributed by atoms with Crippen molar-refractivity contribution in [2.45, 2.75) is 18.2 Å². The highest BCUT2D eigenvalue weighted by Gasteiger charge is 2.30. The third-order valence-electron chi connectivity index (χ3n) is 3.77. The average Bonchev–Trinajstić information content (AvgIpc) is 2.81. The molecule has 8 nitrogen and oxygen atoms in total. The van der Waals surface area contributed by atoms with E-state index in [9.17, 15) is 13.2 Å². The molecule has 0 bridgehead atoms. The minimum absolute atomic E-state index is 0.0398. The summed E-state index contributed by atoms with van der Waals surface area (Å²) in [6.45, 7) is 3.09. The first-order chi connectivity index (χ1) is 10.5. The van der Waals surface area contributed by atoms with Gasteiger partial charge in [0.25, 0.3) is 0 Å². The van der Waals surface area contributed by atoms with E-state index >= 15 is 0 Å². The Morgan fingerprint density at radius 1 is 1.18 bits per heavy atom. The zero-order chi connectivity index (χ0) is 15.7. The molecule has 2 heterocycles. The van der Waals surface area contributed by atoms with Crippen molar-refractivity contribution in [3.8, 4) is 0 Å². The van der Waals surface area contributed by atoms with Gasteiger partial charge in [-0.05, 0) is 28.9 Å². The van der Waals surface area contributed by atoms with Crippen molar-refractivity contribution < 1.29 is 17.8 Å². The van der Waals surface area contributed by atoms with E-state index in [2.05, 4.69) is 14.9 Å². The molecule has 2 aromatic rings. The zero-order valence-electron chi connectivity index (χ0n) is 12.1. The molecule has 1 aliphatic rings. The Balaban J connectivity index is 1.93. The van der Waals surface area contributed by atoms with E-state index < -0.39 is 10.0 Å². The molecule has 9 heteroatoms. The smallest absolute Gasteiger partial charge is 0.245 e. The van der Waals surface area contributed by atoms with Crippen LogP contribution in [0.5, 0.6) is 0 Å². The highest BCUT2D eigenvalue weighted by Crippen LogP contribution is 2.24. The van der Waals surface area contributed by atoms with Gasteiger partial charge in [0, 0.05) is 33.1 Å². The summed E-state index contributed by atoms with van der Waals surface area (Å²) in [5, 5.41) is 7.36. The minimum Gasteiger partial charge on any atom is -0.342 e. The summed E-state index contributed by atoms with van der Waals surface area (Å²) in [4.78, 5) is 13.2. The number of sulfonamides is 1. The van der Waals surface area contributed by atoms with E-state index in [4.69, 9.17) is 0 Å². The number of rotatable bonds is 2. The van der Waals surface area contributed by atoms with Gasteiger partial charge in [0.1, 0.15) is 10.4 Å². The number of hydrogen-bond acceptors (Lipinski definition) is 6. The van der Waals surface area contributed by atoms with Crippen molar-refractivity contribution in [1.29, 1.82) is 0 Å². The number of hydrogen-bond donors (Lipinski definition) is 0. The van der Waals surface area contributed by atoms with Crippen LogP contribution in [0.3, 0.4) is 0 Å². The SMILES string of the molecule is CC(=O)N1CCCN(S(=O)(=O)c2cccc3nonc23)CC1. The van der Waals surface area contributed by atoms with Crippen molar-refractivity contribution in [2.24, 2.45) is 0 Å². The summed E-state index contributed by atoms with van der Waals surface area (Å²) in [7, 11) is -3.70. The van der Waals surface area contributed by atoms with Crippen molar-refractivity contribution in [3.05, 3.63) is 18.2 Å². The van der Waals surface area contributed by atoms with Crippen LogP contribution >= 0.6 is 0 Å². The van der Waals surface area contributed by atoms with Crippen LogP contribution in [0.2, 0.25) is 0 Å². The van der Waals surface area contributed by atoms with E-state index in [0.29, 0.717) is 31.6 Å². The van der Waals surface area contributed by atoms with Gasteiger partial charge in [-0.3, -0.25) is 4.79 Å². The Labute approximate surface area is 127 Å². The minimum atomic E-state index is -3.70. The maximum Gasteiger partial charge on any atom is 0.245 e. The molecule has 1 amide bonds. The quantitative estimate of drug-likeness (QED) is 0.796.